The molecule has 2 aromatic rings. The van der Waals surface area contributed by atoms with E-state index >= 15 is 0 Å². The summed E-state index contributed by atoms with van der Waals surface area (Å²) >= 11 is 0. The first-order valence-electron chi connectivity index (χ1n) is 9.72. The molecule has 31 heavy (non-hydrogen) atoms. The van der Waals surface area contributed by atoms with Gasteiger partial charge in [0.1, 0.15) is 6.04 Å². The van der Waals surface area contributed by atoms with Crippen molar-refractivity contribution in [2.24, 2.45) is 0 Å². The zero-order valence-corrected chi connectivity index (χ0v) is 18.5. The molecule has 0 bridgehead atoms. The van der Waals surface area contributed by atoms with Gasteiger partial charge in [0.2, 0.25) is 15.9 Å². The van der Waals surface area contributed by atoms with Crippen molar-refractivity contribution in [2.45, 2.75) is 31.2 Å². The quantitative estimate of drug-likeness (QED) is 0.440. The van der Waals surface area contributed by atoms with E-state index in [1.807, 2.05) is 30.3 Å². The van der Waals surface area contributed by atoms with Crippen LogP contribution < -0.4 is 5.32 Å². The highest BCUT2D eigenvalue weighted by Gasteiger charge is 2.27. The van der Waals surface area contributed by atoms with Crippen LogP contribution in [0.3, 0.4) is 0 Å². The Kier molecular flexibility index (Phi) is 8.47. The van der Waals surface area contributed by atoms with Crippen molar-refractivity contribution in [1.82, 2.24) is 9.62 Å². The standard InChI is InChI=1S/C22H26N2O6S/c1-4-30-22(27)20(14-17-8-6-5-7-9-17)23-21(26)15-24(3)31(28,29)19-12-10-18(11-13-19)16(2)25/h5-13,20H,4,14-15H2,1-3H3,(H,23,26). The fourth-order valence-corrected chi connectivity index (χ4v) is 3.98. The number of amides is 1. The van der Waals surface area contributed by atoms with Gasteiger partial charge in [-0.3, -0.25) is 9.59 Å². The van der Waals surface area contributed by atoms with E-state index in [2.05, 4.69) is 5.32 Å². The summed E-state index contributed by atoms with van der Waals surface area (Å²) in [5.74, 6) is -1.41. The van der Waals surface area contributed by atoms with Gasteiger partial charge in [0.25, 0.3) is 0 Å². The number of benzene rings is 2. The number of rotatable bonds is 10. The van der Waals surface area contributed by atoms with Crippen LogP contribution in [0.25, 0.3) is 0 Å². The van der Waals surface area contributed by atoms with Crippen molar-refractivity contribution in [2.75, 3.05) is 20.2 Å². The predicted molar refractivity (Wildman–Crippen MR) is 115 cm³/mol. The maximum Gasteiger partial charge on any atom is 0.328 e. The molecule has 0 spiro atoms. The van der Waals surface area contributed by atoms with Gasteiger partial charge in [-0.2, -0.15) is 4.31 Å². The molecular formula is C22H26N2O6S. The first-order valence-corrected chi connectivity index (χ1v) is 11.2. The number of hydrogen-bond acceptors (Lipinski definition) is 6. The molecule has 166 valence electrons. The third kappa shape index (κ3) is 6.73. The normalized spacial score (nSPS) is 12.3. The first-order chi connectivity index (χ1) is 14.6. The van der Waals surface area contributed by atoms with Crippen molar-refractivity contribution in [3.05, 3.63) is 65.7 Å². The Balaban J connectivity index is 2.09. The van der Waals surface area contributed by atoms with Crippen LogP contribution >= 0.6 is 0 Å². The highest BCUT2D eigenvalue weighted by molar-refractivity contribution is 7.89. The van der Waals surface area contributed by atoms with E-state index in [9.17, 15) is 22.8 Å². The monoisotopic (exact) mass is 446 g/mol. The summed E-state index contributed by atoms with van der Waals surface area (Å²) in [4.78, 5) is 36.1. The van der Waals surface area contributed by atoms with E-state index in [1.165, 1.54) is 38.2 Å². The molecule has 0 saturated carbocycles. The van der Waals surface area contributed by atoms with Crippen LogP contribution in [0.5, 0.6) is 0 Å². The first kappa shape index (κ1) is 24.2. The lowest BCUT2D eigenvalue weighted by molar-refractivity contribution is -0.147. The van der Waals surface area contributed by atoms with Crippen molar-refractivity contribution in [3.63, 3.8) is 0 Å². The number of likely N-dealkylation sites (N-methyl/N-ethyl adjacent to an activating group) is 1. The highest BCUT2D eigenvalue weighted by Crippen LogP contribution is 2.15. The molecule has 0 aliphatic heterocycles. The number of hydrogen-bond donors (Lipinski definition) is 1. The summed E-state index contributed by atoms with van der Waals surface area (Å²) in [6.45, 7) is 2.72. The minimum atomic E-state index is -3.96. The van der Waals surface area contributed by atoms with Gasteiger partial charge >= 0.3 is 5.97 Å². The van der Waals surface area contributed by atoms with Crippen LogP contribution in [0.2, 0.25) is 0 Å². The molecule has 1 amide bonds. The summed E-state index contributed by atoms with van der Waals surface area (Å²) in [5, 5.41) is 2.56. The van der Waals surface area contributed by atoms with Crippen LogP contribution in [0.4, 0.5) is 0 Å². The number of sulfonamides is 1. The second kappa shape index (κ2) is 10.8. The number of Topliss-reactive ketones (excluding diaryl/α,β-unsaturated/α-hetero) is 1. The van der Waals surface area contributed by atoms with E-state index in [-0.39, 0.29) is 23.7 Å². The van der Waals surface area contributed by atoms with E-state index in [0.717, 1.165) is 9.87 Å². The number of ketones is 1. The molecule has 2 rings (SSSR count). The summed E-state index contributed by atoms with van der Waals surface area (Å²) in [7, 11) is -2.69. The van der Waals surface area contributed by atoms with Crippen LogP contribution in [0.1, 0.15) is 29.8 Å². The second-order valence-electron chi connectivity index (χ2n) is 6.90. The lowest BCUT2D eigenvalue weighted by Gasteiger charge is -2.20. The van der Waals surface area contributed by atoms with E-state index in [1.54, 1.807) is 6.92 Å². The Labute approximate surface area is 182 Å². The van der Waals surface area contributed by atoms with Crippen molar-refractivity contribution in [1.29, 1.82) is 0 Å². The maximum absolute atomic E-state index is 12.7. The molecular weight excluding hydrogens is 420 g/mol. The number of nitrogens with one attached hydrogen (secondary N) is 1. The molecule has 1 unspecified atom stereocenters. The fraction of sp³-hybridized carbons (Fsp3) is 0.318. The number of esters is 1. The van der Waals surface area contributed by atoms with Gasteiger partial charge in [-0.05, 0) is 31.5 Å². The summed E-state index contributed by atoms with van der Waals surface area (Å²) in [6.07, 6.45) is 0.217. The van der Waals surface area contributed by atoms with Gasteiger partial charge in [-0.25, -0.2) is 13.2 Å². The largest absolute Gasteiger partial charge is 0.464 e. The zero-order chi connectivity index (χ0) is 23.0. The fourth-order valence-electron chi connectivity index (χ4n) is 2.85. The van der Waals surface area contributed by atoms with E-state index in [0.29, 0.717) is 5.56 Å². The third-order valence-electron chi connectivity index (χ3n) is 4.52. The molecule has 1 N–H and O–H groups in total. The van der Waals surface area contributed by atoms with Crippen molar-refractivity contribution in [3.8, 4) is 0 Å². The van der Waals surface area contributed by atoms with Gasteiger partial charge in [-0.1, -0.05) is 42.5 Å². The van der Waals surface area contributed by atoms with Gasteiger partial charge < -0.3 is 10.1 Å². The van der Waals surface area contributed by atoms with Crippen molar-refractivity contribution >= 4 is 27.7 Å². The third-order valence-corrected chi connectivity index (χ3v) is 6.34. The Bertz CT molecular complexity index is 1020. The zero-order valence-electron chi connectivity index (χ0n) is 17.7. The number of carbonyl (C=O) groups excluding carboxylic acids is 3. The smallest absolute Gasteiger partial charge is 0.328 e. The average molecular weight is 447 g/mol. The Morgan fingerprint density at radius 2 is 1.65 bits per heavy atom. The van der Waals surface area contributed by atoms with Crippen LogP contribution in [0, 0.1) is 0 Å². The summed E-state index contributed by atoms with van der Waals surface area (Å²) in [5.41, 5.74) is 1.21. The molecule has 1 atom stereocenters. The molecule has 8 nitrogen and oxygen atoms in total. The molecule has 0 aromatic heterocycles. The van der Waals surface area contributed by atoms with E-state index in [4.69, 9.17) is 4.74 Å². The molecule has 0 aliphatic rings. The molecule has 0 aliphatic carbocycles. The van der Waals surface area contributed by atoms with Gasteiger partial charge in [-0.15, -0.1) is 0 Å². The minimum absolute atomic E-state index is 0.0426. The summed E-state index contributed by atoms with van der Waals surface area (Å²) in [6, 6.07) is 13.6. The number of ether oxygens (including phenoxy) is 1. The topological polar surface area (TPSA) is 110 Å². The number of nitrogens with zero attached hydrogens (tertiary/aromatic N) is 1. The van der Waals surface area contributed by atoms with Crippen molar-refractivity contribution < 1.29 is 27.5 Å². The molecule has 0 fully saturated rings. The SMILES string of the molecule is CCOC(=O)C(Cc1ccccc1)NC(=O)CN(C)S(=O)(=O)c1ccc(C(C)=O)cc1. The predicted octanol–water partition coefficient (Wildman–Crippen LogP) is 1.80. The van der Waals surface area contributed by atoms with E-state index < -0.39 is 34.5 Å². The van der Waals surface area contributed by atoms with Crippen LogP contribution in [-0.2, 0) is 30.8 Å². The lowest BCUT2D eigenvalue weighted by Crippen LogP contribution is -2.47. The lowest BCUT2D eigenvalue weighted by atomic mass is 10.1. The second-order valence-corrected chi connectivity index (χ2v) is 8.95. The molecule has 9 heteroatoms. The average Bonchev–Trinajstić information content (AvgIpc) is 2.74. The molecule has 0 saturated heterocycles. The number of carbonyl (C=O) groups is 3. The van der Waals surface area contributed by atoms with Gasteiger partial charge in [0.05, 0.1) is 18.0 Å². The summed E-state index contributed by atoms with van der Waals surface area (Å²) < 4.78 is 31.4. The van der Waals surface area contributed by atoms with Gasteiger partial charge in [0, 0.05) is 19.0 Å². The Morgan fingerprint density at radius 3 is 2.19 bits per heavy atom. The Morgan fingerprint density at radius 1 is 1.03 bits per heavy atom. The molecule has 0 heterocycles. The minimum Gasteiger partial charge on any atom is -0.464 e. The van der Waals surface area contributed by atoms with Crippen LogP contribution in [-0.4, -0.2) is 56.6 Å². The highest BCUT2D eigenvalue weighted by atomic mass is 32.2. The maximum atomic E-state index is 12.7. The Hall–Kier alpha value is -3.04. The van der Waals surface area contributed by atoms with Crippen LogP contribution in [0.15, 0.2) is 59.5 Å². The van der Waals surface area contributed by atoms with Gasteiger partial charge in [0.15, 0.2) is 5.78 Å². The molecule has 2 aromatic carbocycles. The molecule has 0 radical (unpaired) electrons.